The Bertz CT molecular complexity index is 697. The van der Waals surface area contributed by atoms with Gasteiger partial charge < -0.3 is 4.57 Å². The highest BCUT2D eigenvalue weighted by Gasteiger charge is 2.24. The third kappa shape index (κ3) is 1.88. The van der Waals surface area contributed by atoms with Gasteiger partial charge in [-0.3, -0.25) is 0 Å². The molecule has 1 saturated heterocycles. The molecule has 1 aliphatic rings. The first-order valence-corrected chi connectivity index (χ1v) is 8.41. The van der Waals surface area contributed by atoms with Gasteiger partial charge in [0.15, 0.2) is 11.5 Å². The zero-order valence-corrected chi connectivity index (χ0v) is 12.0. The van der Waals surface area contributed by atoms with Gasteiger partial charge in [0.25, 0.3) is 0 Å². The zero-order valence-electron chi connectivity index (χ0n) is 10.3. The summed E-state index contributed by atoms with van der Waals surface area (Å²) in [7, 11) is 0. The van der Waals surface area contributed by atoms with Crippen molar-refractivity contribution in [2.24, 2.45) is 0 Å². The Labute approximate surface area is 119 Å². The van der Waals surface area contributed by atoms with Crippen molar-refractivity contribution in [3.63, 3.8) is 0 Å². The fraction of sp³-hybridized carbons (Fsp3) is 0.286. The number of thiophene rings is 1. The van der Waals surface area contributed by atoms with Crippen LogP contribution in [0, 0.1) is 0 Å². The van der Waals surface area contributed by atoms with E-state index in [2.05, 4.69) is 33.1 Å². The molecule has 5 heteroatoms. The summed E-state index contributed by atoms with van der Waals surface area (Å²) in [6.45, 7) is 0. The van der Waals surface area contributed by atoms with Crippen molar-refractivity contribution in [2.75, 3.05) is 11.5 Å². The maximum Gasteiger partial charge on any atom is 0.160 e. The third-order valence-electron chi connectivity index (χ3n) is 3.46. The van der Waals surface area contributed by atoms with Crippen molar-refractivity contribution in [3.05, 3.63) is 35.8 Å². The Morgan fingerprint density at radius 3 is 3.05 bits per heavy atom. The largest absolute Gasteiger partial charge is 0.304 e. The monoisotopic (exact) mass is 287 g/mol. The first-order valence-electron chi connectivity index (χ1n) is 6.38. The summed E-state index contributed by atoms with van der Waals surface area (Å²) in [5.74, 6) is 3.48. The summed E-state index contributed by atoms with van der Waals surface area (Å²) in [6, 6.07) is 8.77. The molecule has 0 N–H and O–H groups in total. The van der Waals surface area contributed by atoms with Crippen LogP contribution >= 0.6 is 23.1 Å². The Balaban J connectivity index is 1.98. The van der Waals surface area contributed by atoms with E-state index in [1.54, 1.807) is 11.3 Å². The number of aromatic nitrogens is 3. The summed E-state index contributed by atoms with van der Waals surface area (Å²) in [5, 5.41) is 2.11. The molecule has 0 amide bonds. The molecule has 1 fully saturated rings. The lowest BCUT2D eigenvalue weighted by atomic mass is 10.2. The van der Waals surface area contributed by atoms with Crippen molar-refractivity contribution < 1.29 is 0 Å². The van der Waals surface area contributed by atoms with Gasteiger partial charge in [-0.25, -0.2) is 9.97 Å². The number of rotatable bonds is 2. The second-order valence-electron chi connectivity index (χ2n) is 4.65. The van der Waals surface area contributed by atoms with Gasteiger partial charge in [-0.15, -0.1) is 11.3 Å². The molecule has 0 aromatic carbocycles. The Kier molecular flexibility index (Phi) is 2.81. The number of pyridine rings is 1. The molecule has 4 rings (SSSR count). The van der Waals surface area contributed by atoms with Crippen LogP contribution in [-0.2, 0) is 0 Å². The summed E-state index contributed by atoms with van der Waals surface area (Å²) in [6.07, 6.45) is 3.08. The minimum atomic E-state index is 0.530. The highest BCUT2D eigenvalue weighted by Crippen LogP contribution is 2.36. The molecule has 19 heavy (non-hydrogen) atoms. The molecular formula is C14H13N3S2. The first-order chi connectivity index (χ1) is 9.43. The molecule has 4 heterocycles. The lowest BCUT2D eigenvalue weighted by Gasteiger charge is -2.14. The van der Waals surface area contributed by atoms with E-state index in [0.29, 0.717) is 6.04 Å². The van der Waals surface area contributed by atoms with E-state index in [-0.39, 0.29) is 0 Å². The van der Waals surface area contributed by atoms with E-state index >= 15 is 0 Å². The molecule has 0 aliphatic carbocycles. The van der Waals surface area contributed by atoms with Gasteiger partial charge in [0.05, 0.1) is 4.88 Å². The summed E-state index contributed by atoms with van der Waals surface area (Å²) < 4.78 is 2.35. The summed E-state index contributed by atoms with van der Waals surface area (Å²) >= 11 is 3.77. The van der Waals surface area contributed by atoms with Gasteiger partial charge >= 0.3 is 0 Å². The minimum absolute atomic E-state index is 0.530. The Morgan fingerprint density at radius 1 is 1.26 bits per heavy atom. The highest BCUT2D eigenvalue weighted by molar-refractivity contribution is 7.99. The lowest BCUT2D eigenvalue weighted by Crippen LogP contribution is -2.09. The predicted octanol–water partition coefficient (Wildman–Crippen LogP) is 3.84. The highest BCUT2D eigenvalue weighted by atomic mass is 32.2. The number of hydrogen-bond donors (Lipinski definition) is 0. The average molecular weight is 287 g/mol. The van der Waals surface area contributed by atoms with E-state index in [4.69, 9.17) is 4.98 Å². The fourth-order valence-corrected chi connectivity index (χ4v) is 4.48. The van der Waals surface area contributed by atoms with Gasteiger partial charge in [0.1, 0.15) is 5.52 Å². The van der Waals surface area contributed by atoms with Crippen LogP contribution in [-0.4, -0.2) is 26.0 Å². The van der Waals surface area contributed by atoms with Gasteiger partial charge in [0, 0.05) is 18.0 Å². The SMILES string of the molecule is c1csc(-c2nc3cccnc3n2C2CCSC2)c1. The zero-order chi connectivity index (χ0) is 12.7. The molecule has 1 atom stereocenters. The van der Waals surface area contributed by atoms with E-state index in [1.165, 1.54) is 22.8 Å². The molecular weight excluding hydrogens is 274 g/mol. The molecule has 3 nitrogen and oxygen atoms in total. The van der Waals surface area contributed by atoms with E-state index in [9.17, 15) is 0 Å². The maximum atomic E-state index is 4.80. The number of imidazole rings is 1. The number of hydrogen-bond acceptors (Lipinski definition) is 4. The fourth-order valence-electron chi connectivity index (χ4n) is 2.58. The minimum Gasteiger partial charge on any atom is -0.304 e. The molecule has 1 unspecified atom stereocenters. The topological polar surface area (TPSA) is 30.7 Å². The van der Waals surface area contributed by atoms with Gasteiger partial charge in [-0.1, -0.05) is 6.07 Å². The third-order valence-corrected chi connectivity index (χ3v) is 5.47. The van der Waals surface area contributed by atoms with Crippen LogP contribution in [0.1, 0.15) is 12.5 Å². The molecule has 96 valence electrons. The molecule has 0 bridgehead atoms. The Morgan fingerprint density at radius 2 is 2.26 bits per heavy atom. The van der Waals surface area contributed by atoms with Gasteiger partial charge in [0.2, 0.25) is 0 Å². The number of nitrogens with zero attached hydrogens (tertiary/aromatic N) is 3. The Hall–Kier alpha value is -1.33. The number of thioether (sulfide) groups is 1. The van der Waals surface area contributed by atoms with Crippen LogP contribution in [0.4, 0.5) is 0 Å². The van der Waals surface area contributed by atoms with Crippen LogP contribution in [0.25, 0.3) is 21.9 Å². The number of fused-ring (bicyclic) bond motifs is 1. The quantitative estimate of drug-likeness (QED) is 0.717. The smallest absolute Gasteiger partial charge is 0.160 e. The van der Waals surface area contributed by atoms with Crippen LogP contribution in [0.3, 0.4) is 0 Å². The lowest BCUT2D eigenvalue weighted by molar-refractivity contribution is 0.578. The molecule has 1 aliphatic heterocycles. The molecule has 0 spiro atoms. The van der Waals surface area contributed by atoms with Gasteiger partial charge in [-0.05, 0) is 35.8 Å². The predicted molar refractivity (Wildman–Crippen MR) is 81.8 cm³/mol. The van der Waals surface area contributed by atoms with Crippen LogP contribution in [0.5, 0.6) is 0 Å². The second-order valence-corrected chi connectivity index (χ2v) is 6.74. The molecule has 0 radical (unpaired) electrons. The normalized spacial score (nSPS) is 19.3. The van der Waals surface area contributed by atoms with Crippen LogP contribution in [0.15, 0.2) is 35.8 Å². The molecule has 0 saturated carbocycles. The molecule has 3 aromatic heterocycles. The van der Waals surface area contributed by atoms with Crippen molar-refractivity contribution in [2.45, 2.75) is 12.5 Å². The van der Waals surface area contributed by atoms with Crippen molar-refractivity contribution in [3.8, 4) is 10.7 Å². The van der Waals surface area contributed by atoms with Crippen molar-refractivity contribution >= 4 is 34.3 Å². The van der Waals surface area contributed by atoms with Gasteiger partial charge in [-0.2, -0.15) is 11.8 Å². The van der Waals surface area contributed by atoms with E-state index in [0.717, 1.165) is 17.0 Å². The van der Waals surface area contributed by atoms with E-state index < -0.39 is 0 Å². The molecule has 3 aromatic rings. The average Bonchev–Trinajstić information content (AvgIpc) is 3.17. The summed E-state index contributed by atoms with van der Waals surface area (Å²) in [5.41, 5.74) is 2.03. The van der Waals surface area contributed by atoms with Crippen molar-refractivity contribution in [1.29, 1.82) is 0 Å². The maximum absolute atomic E-state index is 4.80. The first kappa shape index (κ1) is 11.5. The van der Waals surface area contributed by atoms with Crippen molar-refractivity contribution in [1.82, 2.24) is 14.5 Å². The van der Waals surface area contributed by atoms with E-state index in [1.807, 2.05) is 24.0 Å². The summed E-state index contributed by atoms with van der Waals surface area (Å²) in [4.78, 5) is 10.6. The standard InChI is InChI=1S/C14H13N3S2/c1-3-11-13(15-6-1)17(10-5-8-18-9-10)14(16-11)12-4-2-7-19-12/h1-4,6-7,10H,5,8-9H2. The van der Waals surface area contributed by atoms with Crippen LogP contribution in [0.2, 0.25) is 0 Å². The second kappa shape index (κ2) is 4.65. The van der Waals surface area contributed by atoms with Crippen LogP contribution < -0.4 is 0 Å².